The summed E-state index contributed by atoms with van der Waals surface area (Å²) in [4.78, 5) is 0. The first-order valence-corrected chi connectivity index (χ1v) is 5.78. The second-order valence-corrected chi connectivity index (χ2v) is 3.32. The van der Waals surface area contributed by atoms with Crippen LogP contribution in [-0.4, -0.2) is 66.3 Å². The van der Waals surface area contributed by atoms with E-state index in [9.17, 15) is 0 Å². The van der Waals surface area contributed by atoms with Gasteiger partial charge in [-0.2, -0.15) is 0 Å². The van der Waals surface area contributed by atoms with Crippen LogP contribution in [0.5, 0.6) is 0 Å². The Morgan fingerprint density at radius 3 is 1.65 bits per heavy atom. The highest BCUT2D eigenvalue weighted by atomic mass is 16.7. The van der Waals surface area contributed by atoms with Gasteiger partial charge in [-0.3, -0.25) is 0 Å². The van der Waals surface area contributed by atoms with Crippen LogP contribution in [0.3, 0.4) is 0 Å². The molecule has 0 aromatic rings. The van der Waals surface area contributed by atoms with Gasteiger partial charge >= 0.3 is 7.32 Å². The molecule has 17 heavy (non-hydrogen) atoms. The highest BCUT2D eigenvalue weighted by molar-refractivity contribution is 6.36. The molecule has 0 aromatic heterocycles. The molecule has 0 heterocycles. The molecule has 0 aliphatic heterocycles. The van der Waals surface area contributed by atoms with Crippen LogP contribution in [0.15, 0.2) is 0 Å². The molecule has 0 atom stereocenters. The second kappa shape index (κ2) is 13.9. The van der Waals surface area contributed by atoms with Gasteiger partial charge < -0.3 is 28.5 Å². The van der Waals surface area contributed by atoms with E-state index < -0.39 is 7.32 Å². The number of ether oxygens (including phenoxy) is 2. The first-order chi connectivity index (χ1) is 8.35. The maximum Gasteiger partial charge on any atom is 0.639 e. The summed E-state index contributed by atoms with van der Waals surface area (Å²) in [5.74, 6) is 0. The van der Waals surface area contributed by atoms with Crippen LogP contribution in [0.25, 0.3) is 0 Å². The zero-order valence-corrected chi connectivity index (χ0v) is 10.7. The molecule has 1 N–H and O–H groups in total. The van der Waals surface area contributed by atoms with Crippen LogP contribution < -0.4 is 0 Å². The van der Waals surface area contributed by atoms with E-state index in [2.05, 4.69) is 0 Å². The van der Waals surface area contributed by atoms with Crippen molar-refractivity contribution in [2.45, 2.75) is 12.8 Å². The number of aliphatic hydroxyl groups excluding tert-OH is 1. The molecular formula is C10H23BO6. The van der Waals surface area contributed by atoms with E-state index in [1.807, 2.05) is 0 Å². The van der Waals surface area contributed by atoms with Crippen molar-refractivity contribution in [3.05, 3.63) is 0 Å². The fraction of sp³-hybridized carbons (Fsp3) is 1.00. The number of rotatable bonds is 13. The molecule has 0 bridgehead atoms. The van der Waals surface area contributed by atoms with Gasteiger partial charge in [0.05, 0.1) is 13.2 Å². The molecule has 0 saturated heterocycles. The third-order valence-electron chi connectivity index (χ3n) is 1.84. The third kappa shape index (κ3) is 12.1. The Kier molecular flexibility index (Phi) is 13.7. The molecule has 0 unspecified atom stereocenters. The van der Waals surface area contributed by atoms with Gasteiger partial charge in [0.1, 0.15) is 0 Å². The lowest BCUT2D eigenvalue weighted by atomic mass is 10.2. The number of hydrogen-bond acceptors (Lipinski definition) is 6. The molecule has 0 amide bonds. The Hall–Kier alpha value is -0.175. The predicted molar refractivity (Wildman–Crippen MR) is 63.7 cm³/mol. The van der Waals surface area contributed by atoms with Crippen molar-refractivity contribution in [3.63, 3.8) is 0 Å². The van der Waals surface area contributed by atoms with Gasteiger partial charge in [-0.1, -0.05) is 0 Å². The standard InChI is InChI=1S/C10H23BO6/c1-13-6-3-8-15-11(17-10-5-12)16-9-4-7-14-2/h12H,3-10H2,1-2H3. The monoisotopic (exact) mass is 250 g/mol. The molecule has 7 heteroatoms. The fourth-order valence-corrected chi connectivity index (χ4v) is 1.06. The fourth-order valence-electron chi connectivity index (χ4n) is 1.06. The molecule has 0 saturated carbocycles. The summed E-state index contributed by atoms with van der Waals surface area (Å²) >= 11 is 0. The zero-order valence-electron chi connectivity index (χ0n) is 10.7. The van der Waals surface area contributed by atoms with Crippen LogP contribution in [-0.2, 0) is 23.4 Å². The van der Waals surface area contributed by atoms with Gasteiger partial charge in [0.15, 0.2) is 0 Å². The van der Waals surface area contributed by atoms with Crippen molar-refractivity contribution >= 4 is 7.32 Å². The van der Waals surface area contributed by atoms with Crippen molar-refractivity contribution < 1.29 is 28.5 Å². The maximum atomic E-state index is 8.66. The van der Waals surface area contributed by atoms with E-state index in [0.29, 0.717) is 26.4 Å². The van der Waals surface area contributed by atoms with E-state index in [-0.39, 0.29) is 13.2 Å². The van der Waals surface area contributed by atoms with Gasteiger partial charge in [0.25, 0.3) is 0 Å². The summed E-state index contributed by atoms with van der Waals surface area (Å²) in [5.41, 5.74) is 0. The van der Waals surface area contributed by atoms with E-state index in [1.54, 1.807) is 14.2 Å². The first kappa shape index (κ1) is 16.8. The third-order valence-corrected chi connectivity index (χ3v) is 1.84. The van der Waals surface area contributed by atoms with E-state index in [0.717, 1.165) is 12.8 Å². The smallest absolute Gasteiger partial charge is 0.394 e. The Morgan fingerprint density at radius 1 is 0.765 bits per heavy atom. The van der Waals surface area contributed by atoms with Crippen molar-refractivity contribution in [2.24, 2.45) is 0 Å². The van der Waals surface area contributed by atoms with Gasteiger partial charge in [-0.25, -0.2) is 0 Å². The highest BCUT2D eigenvalue weighted by Gasteiger charge is 2.20. The van der Waals surface area contributed by atoms with Crippen LogP contribution in [0.2, 0.25) is 0 Å². The maximum absolute atomic E-state index is 8.66. The first-order valence-electron chi connectivity index (χ1n) is 5.78. The van der Waals surface area contributed by atoms with Crippen molar-refractivity contribution in [2.75, 3.05) is 53.9 Å². The molecule has 102 valence electrons. The SMILES string of the molecule is COCCCOB(OCCO)OCCCOC. The molecule has 6 nitrogen and oxygen atoms in total. The lowest BCUT2D eigenvalue weighted by molar-refractivity contribution is 0.0642. The Labute approximate surface area is 103 Å². The second-order valence-electron chi connectivity index (χ2n) is 3.32. The normalized spacial score (nSPS) is 10.8. The molecule has 0 aliphatic carbocycles. The minimum atomic E-state index is -0.726. The van der Waals surface area contributed by atoms with Gasteiger partial charge in [0, 0.05) is 40.6 Å². The Balaban J connectivity index is 3.56. The predicted octanol–water partition coefficient (Wildman–Crippen LogP) is 0.0864. The van der Waals surface area contributed by atoms with Crippen LogP contribution in [0.1, 0.15) is 12.8 Å². The van der Waals surface area contributed by atoms with E-state index in [4.69, 9.17) is 28.5 Å². The molecule has 0 rings (SSSR count). The lowest BCUT2D eigenvalue weighted by Gasteiger charge is -2.13. The summed E-state index contributed by atoms with van der Waals surface area (Å²) in [7, 11) is 2.55. The minimum Gasteiger partial charge on any atom is -0.394 e. The van der Waals surface area contributed by atoms with Crippen molar-refractivity contribution in [3.8, 4) is 0 Å². The van der Waals surface area contributed by atoms with Crippen LogP contribution in [0, 0.1) is 0 Å². The molecule has 0 radical (unpaired) electrons. The lowest BCUT2D eigenvalue weighted by Crippen LogP contribution is -2.30. The largest absolute Gasteiger partial charge is 0.639 e. The quantitative estimate of drug-likeness (QED) is 0.369. The summed E-state index contributed by atoms with van der Waals surface area (Å²) in [6.07, 6.45) is 1.55. The topological polar surface area (TPSA) is 66.4 Å². The van der Waals surface area contributed by atoms with Gasteiger partial charge in [-0.05, 0) is 12.8 Å². The molecular weight excluding hydrogens is 227 g/mol. The minimum absolute atomic E-state index is 0.0562. The summed E-state index contributed by atoms with van der Waals surface area (Å²) in [6, 6.07) is 0. The summed E-state index contributed by atoms with van der Waals surface area (Å²) in [6.45, 7) is 2.40. The Morgan fingerprint density at radius 2 is 1.24 bits per heavy atom. The van der Waals surface area contributed by atoms with Gasteiger partial charge in [0.2, 0.25) is 0 Å². The average Bonchev–Trinajstić information content (AvgIpc) is 2.35. The van der Waals surface area contributed by atoms with Gasteiger partial charge in [-0.15, -0.1) is 0 Å². The highest BCUT2D eigenvalue weighted by Crippen LogP contribution is 1.96. The van der Waals surface area contributed by atoms with Crippen molar-refractivity contribution in [1.82, 2.24) is 0 Å². The van der Waals surface area contributed by atoms with E-state index in [1.165, 1.54) is 0 Å². The Bertz CT molecular complexity index is 137. The zero-order chi connectivity index (χ0) is 12.8. The van der Waals surface area contributed by atoms with Crippen LogP contribution >= 0.6 is 0 Å². The molecule has 0 aliphatic rings. The molecule has 0 spiro atoms. The number of hydrogen-bond donors (Lipinski definition) is 1. The summed E-state index contributed by atoms with van der Waals surface area (Å²) < 4.78 is 25.7. The number of methoxy groups -OCH3 is 2. The average molecular weight is 250 g/mol. The number of aliphatic hydroxyl groups is 1. The van der Waals surface area contributed by atoms with E-state index >= 15 is 0 Å². The molecule has 0 fully saturated rings. The van der Waals surface area contributed by atoms with Crippen LogP contribution in [0.4, 0.5) is 0 Å². The summed E-state index contributed by atoms with van der Waals surface area (Å²) in [5, 5.41) is 8.66. The van der Waals surface area contributed by atoms with Crippen molar-refractivity contribution in [1.29, 1.82) is 0 Å². The molecule has 0 aromatic carbocycles.